The lowest BCUT2D eigenvalue weighted by Gasteiger charge is -2.24. The van der Waals surface area contributed by atoms with E-state index in [1.165, 1.54) is 12.5 Å². The lowest BCUT2D eigenvalue weighted by Crippen LogP contribution is -2.48. The van der Waals surface area contributed by atoms with E-state index in [2.05, 4.69) is 27.3 Å². The Balaban J connectivity index is 1.71. The van der Waals surface area contributed by atoms with E-state index in [9.17, 15) is 27.1 Å². The Labute approximate surface area is 214 Å². The molecule has 0 saturated carbocycles. The van der Waals surface area contributed by atoms with E-state index in [1.54, 1.807) is 0 Å². The Bertz CT molecular complexity index is 1300. The van der Waals surface area contributed by atoms with E-state index in [-0.39, 0.29) is 36.0 Å². The number of aliphatic hydroxyl groups is 1. The summed E-state index contributed by atoms with van der Waals surface area (Å²) in [6.45, 7) is 4.01. The molecule has 3 aromatic rings. The number of aromatic nitrogens is 1. The molecule has 1 heterocycles. The number of nitrogens with one attached hydrogen (secondary N) is 3. The number of carbonyl (C=O) groups excluding carboxylic acids is 1. The molecule has 0 bridgehead atoms. The van der Waals surface area contributed by atoms with Crippen LogP contribution in [0.1, 0.15) is 41.0 Å². The van der Waals surface area contributed by atoms with Crippen LogP contribution in [0.25, 0.3) is 0 Å². The molecule has 0 aliphatic rings. The molecule has 0 aliphatic heterocycles. The summed E-state index contributed by atoms with van der Waals surface area (Å²) in [4.78, 5) is 16.6. The smallest absolute Gasteiger partial charge is 0.309 e. The summed E-state index contributed by atoms with van der Waals surface area (Å²) in [6, 6.07) is 9.58. The normalized spacial score (nSPS) is 13.2. The third-order valence-electron chi connectivity index (χ3n) is 5.60. The van der Waals surface area contributed by atoms with Gasteiger partial charge in [-0.3, -0.25) is 4.79 Å². The summed E-state index contributed by atoms with van der Waals surface area (Å²) in [5.41, 5.74) is 2.19. The predicted molar refractivity (Wildman–Crippen MR) is 134 cm³/mol. The van der Waals surface area contributed by atoms with Crippen molar-refractivity contribution in [2.75, 3.05) is 17.0 Å². The highest BCUT2D eigenvalue weighted by Gasteiger charge is 2.25. The van der Waals surface area contributed by atoms with Crippen molar-refractivity contribution in [3.8, 4) is 0 Å². The van der Waals surface area contributed by atoms with Crippen LogP contribution in [0.2, 0.25) is 0 Å². The van der Waals surface area contributed by atoms with Gasteiger partial charge < -0.3 is 20.2 Å². The van der Waals surface area contributed by atoms with E-state index in [0.29, 0.717) is 6.54 Å². The first-order chi connectivity index (χ1) is 17.6. The fourth-order valence-electron chi connectivity index (χ4n) is 3.60. The molecule has 0 spiro atoms. The number of carbonyl (C=O) groups is 1. The second-order valence-electron chi connectivity index (χ2n) is 8.48. The molecule has 1 aromatic heterocycles. The summed E-state index contributed by atoms with van der Waals surface area (Å²) in [7, 11) is -3.67. The molecule has 12 heteroatoms. The predicted octanol–water partition coefficient (Wildman–Crippen LogP) is 2.77. The number of rotatable bonds is 13. The van der Waals surface area contributed by atoms with Crippen LogP contribution in [0.4, 0.5) is 14.8 Å². The van der Waals surface area contributed by atoms with Crippen LogP contribution in [0.5, 0.6) is 0 Å². The summed E-state index contributed by atoms with van der Waals surface area (Å²) in [5, 5.41) is 16.6. The fraction of sp³-hybridized carbons (Fsp3) is 0.360. The zero-order valence-electron chi connectivity index (χ0n) is 20.5. The Hall–Kier alpha value is -3.35. The van der Waals surface area contributed by atoms with Crippen LogP contribution in [0.15, 0.2) is 53.1 Å². The molecule has 0 fully saturated rings. The van der Waals surface area contributed by atoms with Crippen molar-refractivity contribution in [3.63, 3.8) is 0 Å². The average Bonchev–Trinajstić information content (AvgIpc) is 3.31. The maximum absolute atomic E-state index is 13.7. The fourth-order valence-corrected chi connectivity index (χ4v) is 4.11. The minimum atomic E-state index is -3.67. The average molecular weight is 537 g/mol. The molecule has 0 aliphatic carbocycles. The van der Waals surface area contributed by atoms with Crippen LogP contribution in [0, 0.1) is 11.6 Å². The van der Waals surface area contributed by atoms with E-state index in [1.807, 2.05) is 24.3 Å². The quantitative estimate of drug-likeness (QED) is 0.264. The molecule has 0 radical (unpaired) electrons. The van der Waals surface area contributed by atoms with Crippen molar-refractivity contribution >= 4 is 21.9 Å². The number of amides is 1. The lowest BCUT2D eigenvalue weighted by molar-refractivity contribution is 0.0825. The molecule has 4 N–H and O–H groups in total. The molecule has 1 amide bonds. The molecule has 0 saturated heterocycles. The number of sulfonamides is 1. The Kier molecular flexibility index (Phi) is 9.73. The highest BCUT2D eigenvalue weighted by atomic mass is 32.2. The molecule has 2 aromatic carbocycles. The zero-order chi connectivity index (χ0) is 27.0. The maximum atomic E-state index is 13.7. The number of hydrogen-bond acceptors (Lipinski definition) is 7. The standard InChI is InChI=1S/C25H30F2N4O5S/c1-3-16-6-5-7-17(8-16)13-28-14-23(32)21(11-18-9-19(26)12-20(27)10-18)29-24(33)22-15-36-25(30-22)31-37(34,35)4-2/h5-10,12,15,21,23,28,32H,3-4,11,13-14H2,1-2H3,(H,29,33)(H,30,31)/t21-,23+/m0/s1. The third kappa shape index (κ3) is 8.62. The van der Waals surface area contributed by atoms with Crippen LogP contribution in [0.3, 0.4) is 0 Å². The van der Waals surface area contributed by atoms with Gasteiger partial charge in [0, 0.05) is 19.2 Å². The van der Waals surface area contributed by atoms with Gasteiger partial charge in [0.2, 0.25) is 10.0 Å². The van der Waals surface area contributed by atoms with Crippen LogP contribution < -0.4 is 15.4 Å². The Morgan fingerprint density at radius 2 is 1.78 bits per heavy atom. The molecule has 200 valence electrons. The van der Waals surface area contributed by atoms with Crippen molar-refractivity contribution in [3.05, 3.63) is 82.7 Å². The van der Waals surface area contributed by atoms with E-state index in [4.69, 9.17) is 4.42 Å². The summed E-state index contributed by atoms with van der Waals surface area (Å²) >= 11 is 0. The number of anilines is 1. The van der Waals surface area contributed by atoms with Gasteiger partial charge in [0.15, 0.2) is 5.69 Å². The number of oxazole rings is 1. The van der Waals surface area contributed by atoms with E-state index < -0.39 is 39.7 Å². The van der Waals surface area contributed by atoms with Gasteiger partial charge in [-0.1, -0.05) is 31.2 Å². The third-order valence-corrected chi connectivity index (χ3v) is 6.85. The Morgan fingerprint density at radius 1 is 1.08 bits per heavy atom. The minimum Gasteiger partial charge on any atom is -0.431 e. The second-order valence-corrected chi connectivity index (χ2v) is 10.5. The SMILES string of the molecule is CCc1cccc(CNC[C@@H](O)[C@H](Cc2cc(F)cc(F)c2)NC(=O)c2coc(NS(=O)(=O)CC)n2)c1. The van der Waals surface area contributed by atoms with Crippen molar-refractivity contribution < 1.29 is 31.5 Å². The Morgan fingerprint density at radius 3 is 2.46 bits per heavy atom. The molecule has 3 rings (SSSR count). The van der Waals surface area contributed by atoms with Crippen molar-refractivity contribution in [1.82, 2.24) is 15.6 Å². The lowest BCUT2D eigenvalue weighted by atomic mass is 10.00. The molecule has 2 atom stereocenters. The van der Waals surface area contributed by atoms with Gasteiger partial charge in [0.25, 0.3) is 5.91 Å². The van der Waals surface area contributed by atoms with Crippen LogP contribution in [-0.2, 0) is 29.4 Å². The number of aliphatic hydroxyl groups excluding tert-OH is 1. The molecule has 0 unspecified atom stereocenters. The van der Waals surface area contributed by atoms with Gasteiger partial charge in [0.05, 0.1) is 17.9 Å². The monoisotopic (exact) mass is 536 g/mol. The minimum absolute atomic E-state index is 0.0689. The first-order valence-corrected chi connectivity index (χ1v) is 13.4. The molecular formula is C25H30F2N4O5S. The van der Waals surface area contributed by atoms with Gasteiger partial charge in [-0.25, -0.2) is 21.9 Å². The highest BCUT2D eigenvalue weighted by Crippen LogP contribution is 2.14. The molecular weight excluding hydrogens is 506 g/mol. The number of aryl methyl sites for hydroxylation is 1. The number of nitrogens with zero attached hydrogens (tertiary/aromatic N) is 1. The van der Waals surface area contributed by atoms with Crippen LogP contribution in [-0.4, -0.2) is 48.9 Å². The summed E-state index contributed by atoms with van der Waals surface area (Å²) in [6.07, 6.45) is 0.627. The van der Waals surface area contributed by atoms with E-state index >= 15 is 0 Å². The molecule has 9 nitrogen and oxygen atoms in total. The number of hydrogen-bond donors (Lipinski definition) is 4. The van der Waals surface area contributed by atoms with Crippen LogP contribution >= 0.6 is 0 Å². The van der Waals surface area contributed by atoms with Gasteiger partial charge in [0.1, 0.15) is 17.9 Å². The van der Waals surface area contributed by atoms with Gasteiger partial charge in [-0.05, 0) is 48.6 Å². The number of halogens is 2. The van der Waals surface area contributed by atoms with E-state index in [0.717, 1.165) is 36.4 Å². The first kappa shape index (κ1) is 28.2. The summed E-state index contributed by atoms with van der Waals surface area (Å²) in [5.74, 6) is -2.55. The largest absolute Gasteiger partial charge is 0.431 e. The van der Waals surface area contributed by atoms with Crippen molar-refractivity contribution in [2.24, 2.45) is 0 Å². The first-order valence-electron chi connectivity index (χ1n) is 11.8. The van der Waals surface area contributed by atoms with Gasteiger partial charge in [-0.2, -0.15) is 4.98 Å². The number of benzene rings is 2. The highest BCUT2D eigenvalue weighted by molar-refractivity contribution is 7.92. The summed E-state index contributed by atoms with van der Waals surface area (Å²) < 4.78 is 58.0. The second kappa shape index (κ2) is 12.7. The van der Waals surface area contributed by atoms with Crippen molar-refractivity contribution in [1.29, 1.82) is 0 Å². The van der Waals surface area contributed by atoms with Crippen molar-refractivity contribution in [2.45, 2.75) is 45.4 Å². The zero-order valence-corrected chi connectivity index (χ0v) is 21.3. The van der Waals surface area contributed by atoms with Gasteiger partial charge in [-0.15, -0.1) is 0 Å². The molecule has 37 heavy (non-hydrogen) atoms. The maximum Gasteiger partial charge on any atom is 0.309 e. The topological polar surface area (TPSA) is 134 Å². The van der Waals surface area contributed by atoms with Gasteiger partial charge >= 0.3 is 6.01 Å².